The summed E-state index contributed by atoms with van der Waals surface area (Å²) in [5.41, 5.74) is 8.28. The molecule has 2 N–H and O–H groups in total. The van der Waals surface area contributed by atoms with Crippen LogP contribution in [0.25, 0.3) is 22.2 Å². The zero-order valence-electron chi connectivity index (χ0n) is 23.6. The van der Waals surface area contributed by atoms with E-state index in [9.17, 15) is 10.1 Å². The number of ether oxygens (including phenoxy) is 2. The van der Waals surface area contributed by atoms with Crippen molar-refractivity contribution >= 4 is 22.8 Å². The Bertz CT molecular complexity index is 1600. The minimum atomic E-state index is -0.716. The van der Waals surface area contributed by atoms with Crippen LogP contribution in [0.1, 0.15) is 33.6 Å². The van der Waals surface area contributed by atoms with Crippen molar-refractivity contribution in [3.8, 4) is 28.7 Å². The minimum absolute atomic E-state index is 0.0952. The smallest absolute Gasteiger partial charge is 0.264 e. The fraction of sp³-hybridized carbons (Fsp3) is 0.312. The summed E-state index contributed by atoms with van der Waals surface area (Å²) in [4.78, 5) is 24.1. The standard InChI is InChI=1S/C32H34N6O3/c1-4-40-32(2,3)17-23(18-33)31(39)38-16-8-9-24(38)19-37-20-27(28-29(34)35-21-36-30(28)37)22-12-14-26(15-13-22)41-25-10-6-5-7-11-25/h5-7,10-15,17,20-21,24H,4,8-9,16,19H2,1-3H3,(H2,34,35,36)/b23-17-/t24-/m0/s1. The molecule has 4 aromatic rings. The van der Waals surface area contributed by atoms with Gasteiger partial charge in [0.15, 0.2) is 0 Å². The molecule has 1 amide bonds. The summed E-state index contributed by atoms with van der Waals surface area (Å²) in [6.45, 7) is 7.17. The lowest BCUT2D eigenvalue weighted by Gasteiger charge is -2.26. The number of para-hydroxylation sites is 1. The Morgan fingerprint density at radius 1 is 1.15 bits per heavy atom. The first-order valence-corrected chi connectivity index (χ1v) is 13.8. The summed E-state index contributed by atoms with van der Waals surface area (Å²) in [7, 11) is 0. The molecule has 0 bridgehead atoms. The van der Waals surface area contributed by atoms with Crippen LogP contribution >= 0.6 is 0 Å². The van der Waals surface area contributed by atoms with Crippen LogP contribution in [0.15, 0.2) is 78.8 Å². The van der Waals surface area contributed by atoms with E-state index in [1.807, 2.05) is 86.1 Å². The molecule has 1 saturated heterocycles. The summed E-state index contributed by atoms with van der Waals surface area (Å²) in [6, 6.07) is 19.4. The van der Waals surface area contributed by atoms with E-state index in [4.69, 9.17) is 15.2 Å². The molecule has 2 aromatic heterocycles. The first kappa shape index (κ1) is 27.9. The second-order valence-corrected chi connectivity index (χ2v) is 10.6. The van der Waals surface area contributed by atoms with E-state index >= 15 is 0 Å². The fourth-order valence-electron chi connectivity index (χ4n) is 5.41. The molecule has 1 fully saturated rings. The van der Waals surface area contributed by atoms with Gasteiger partial charge in [-0.25, -0.2) is 9.97 Å². The van der Waals surface area contributed by atoms with Gasteiger partial charge in [0, 0.05) is 31.5 Å². The summed E-state index contributed by atoms with van der Waals surface area (Å²) in [5.74, 6) is 1.60. The molecule has 9 heteroatoms. The van der Waals surface area contributed by atoms with Gasteiger partial charge in [-0.2, -0.15) is 5.26 Å². The van der Waals surface area contributed by atoms with Gasteiger partial charge in [0.1, 0.15) is 40.9 Å². The maximum absolute atomic E-state index is 13.5. The number of carbonyl (C=O) groups excluding carboxylic acids is 1. The van der Waals surface area contributed by atoms with Crippen LogP contribution in [-0.2, 0) is 16.1 Å². The molecule has 1 atom stereocenters. The number of nitrogens with two attached hydrogens (primary N) is 1. The van der Waals surface area contributed by atoms with Crippen molar-refractivity contribution in [3.05, 3.63) is 78.8 Å². The van der Waals surface area contributed by atoms with Crippen molar-refractivity contribution in [3.63, 3.8) is 0 Å². The molecule has 2 aromatic carbocycles. The van der Waals surface area contributed by atoms with Gasteiger partial charge in [-0.15, -0.1) is 0 Å². The SMILES string of the molecule is CCOC(C)(C)/C=C(/C#N)C(=O)N1CCC[C@H]1Cn1cc(-c2ccc(Oc3ccccc3)cc2)c2c(N)ncnc21. The number of rotatable bonds is 9. The van der Waals surface area contributed by atoms with Crippen molar-refractivity contribution in [2.75, 3.05) is 18.9 Å². The largest absolute Gasteiger partial charge is 0.457 e. The lowest BCUT2D eigenvalue weighted by atomic mass is 10.0. The number of fused-ring (bicyclic) bond motifs is 1. The number of carbonyl (C=O) groups is 1. The van der Waals surface area contributed by atoms with E-state index in [1.165, 1.54) is 6.33 Å². The molecule has 0 radical (unpaired) electrons. The number of likely N-dealkylation sites (tertiary alicyclic amines) is 1. The number of amides is 1. The summed E-state index contributed by atoms with van der Waals surface area (Å²) in [5, 5.41) is 10.6. The molecular formula is C32H34N6O3. The monoisotopic (exact) mass is 550 g/mol. The van der Waals surface area contributed by atoms with Gasteiger partial charge < -0.3 is 24.7 Å². The molecule has 1 aliphatic heterocycles. The first-order valence-electron chi connectivity index (χ1n) is 13.8. The number of nitriles is 1. The Morgan fingerprint density at radius 3 is 2.59 bits per heavy atom. The Morgan fingerprint density at radius 2 is 1.88 bits per heavy atom. The first-order chi connectivity index (χ1) is 19.8. The van der Waals surface area contributed by atoms with E-state index in [-0.39, 0.29) is 17.5 Å². The van der Waals surface area contributed by atoms with Crippen LogP contribution in [0.2, 0.25) is 0 Å². The fourth-order valence-corrected chi connectivity index (χ4v) is 5.41. The number of nitrogens with zero attached hydrogens (tertiary/aromatic N) is 5. The number of aromatic nitrogens is 3. The van der Waals surface area contributed by atoms with Crippen molar-refractivity contribution < 1.29 is 14.3 Å². The number of nitrogen functional groups attached to an aromatic ring is 1. The highest BCUT2D eigenvalue weighted by molar-refractivity contribution is 6.01. The van der Waals surface area contributed by atoms with E-state index in [0.717, 1.165) is 40.9 Å². The van der Waals surface area contributed by atoms with Gasteiger partial charge in [-0.1, -0.05) is 30.3 Å². The molecule has 1 aliphatic rings. The van der Waals surface area contributed by atoms with Gasteiger partial charge in [-0.05, 0) is 69.5 Å². The third kappa shape index (κ3) is 6.08. The van der Waals surface area contributed by atoms with Crippen molar-refractivity contribution in [1.82, 2.24) is 19.4 Å². The average molecular weight is 551 g/mol. The zero-order valence-corrected chi connectivity index (χ0v) is 23.6. The Hall–Kier alpha value is -4.68. The summed E-state index contributed by atoms with van der Waals surface area (Å²) < 4.78 is 13.7. The van der Waals surface area contributed by atoms with Crippen LogP contribution in [0.4, 0.5) is 5.82 Å². The van der Waals surface area contributed by atoms with Crippen LogP contribution < -0.4 is 10.5 Å². The van der Waals surface area contributed by atoms with E-state index in [2.05, 4.69) is 16.0 Å². The van der Waals surface area contributed by atoms with Gasteiger partial charge in [0.2, 0.25) is 0 Å². The predicted molar refractivity (Wildman–Crippen MR) is 158 cm³/mol. The topological polar surface area (TPSA) is 119 Å². The van der Waals surface area contributed by atoms with Crippen molar-refractivity contribution in [2.45, 2.75) is 51.8 Å². The Kier molecular flexibility index (Phi) is 8.04. The zero-order chi connectivity index (χ0) is 29.0. The van der Waals surface area contributed by atoms with E-state index in [0.29, 0.717) is 31.2 Å². The molecule has 9 nitrogen and oxygen atoms in total. The van der Waals surface area contributed by atoms with Crippen LogP contribution in [0.5, 0.6) is 11.5 Å². The highest BCUT2D eigenvalue weighted by Gasteiger charge is 2.32. The molecule has 0 aliphatic carbocycles. The molecule has 5 rings (SSSR count). The molecule has 41 heavy (non-hydrogen) atoms. The van der Waals surface area contributed by atoms with Gasteiger partial charge in [0.05, 0.1) is 17.0 Å². The van der Waals surface area contributed by atoms with Crippen molar-refractivity contribution in [2.24, 2.45) is 0 Å². The average Bonchev–Trinajstić information content (AvgIpc) is 3.58. The second-order valence-electron chi connectivity index (χ2n) is 10.6. The number of benzene rings is 2. The summed E-state index contributed by atoms with van der Waals surface area (Å²) >= 11 is 0. The van der Waals surface area contributed by atoms with Crippen LogP contribution in [-0.4, -0.2) is 50.1 Å². The van der Waals surface area contributed by atoms with Crippen molar-refractivity contribution in [1.29, 1.82) is 5.26 Å². The van der Waals surface area contributed by atoms with Gasteiger partial charge in [0.25, 0.3) is 5.91 Å². The van der Waals surface area contributed by atoms with Gasteiger partial charge >= 0.3 is 0 Å². The number of hydrogen-bond donors (Lipinski definition) is 1. The lowest BCUT2D eigenvalue weighted by Crippen LogP contribution is -2.39. The lowest BCUT2D eigenvalue weighted by molar-refractivity contribution is -0.127. The molecule has 0 unspecified atom stereocenters. The van der Waals surface area contributed by atoms with Crippen LogP contribution in [0.3, 0.4) is 0 Å². The molecule has 0 saturated carbocycles. The third-order valence-corrected chi connectivity index (χ3v) is 7.23. The predicted octanol–water partition coefficient (Wildman–Crippen LogP) is 5.73. The Labute approximate surface area is 239 Å². The maximum atomic E-state index is 13.5. The van der Waals surface area contributed by atoms with E-state index < -0.39 is 5.60 Å². The maximum Gasteiger partial charge on any atom is 0.264 e. The molecular weight excluding hydrogens is 516 g/mol. The summed E-state index contributed by atoms with van der Waals surface area (Å²) in [6.07, 6.45) is 6.77. The van der Waals surface area contributed by atoms with Gasteiger partial charge in [-0.3, -0.25) is 4.79 Å². The normalized spacial score (nSPS) is 15.7. The molecule has 0 spiro atoms. The second kappa shape index (κ2) is 11.8. The third-order valence-electron chi connectivity index (χ3n) is 7.23. The molecule has 210 valence electrons. The highest BCUT2D eigenvalue weighted by atomic mass is 16.5. The van der Waals surface area contributed by atoms with Crippen LogP contribution in [0, 0.1) is 11.3 Å². The number of anilines is 1. The quantitative estimate of drug-likeness (QED) is 0.209. The molecule has 3 heterocycles. The number of hydrogen-bond acceptors (Lipinski definition) is 7. The Balaban J connectivity index is 1.42. The minimum Gasteiger partial charge on any atom is -0.457 e. The highest BCUT2D eigenvalue weighted by Crippen LogP contribution is 2.35. The van der Waals surface area contributed by atoms with E-state index in [1.54, 1.807) is 11.0 Å².